The number of rotatable bonds is 5. The Morgan fingerprint density at radius 3 is 1.56 bits per heavy atom. The van der Waals surface area contributed by atoms with E-state index in [0.717, 1.165) is 55.8 Å². The number of hydrogen-bond acceptors (Lipinski definition) is 4. The summed E-state index contributed by atoms with van der Waals surface area (Å²) in [5.41, 5.74) is 10.5. The van der Waals surface area contributed by atoms with Crippen molar-refractivity contribution in [3.05, 3.63) is 152 Å². The van der Waals surface area contributed by atoms with Crippen LogP contribution in [-0.2, 0) is 0 Å². The molecule has 0 unspecified atom stereocenters. The normalized spacial score (nSPS) is 11.6. The van der Waals surface area contributed by atoms with Gasteiger partial charge in [-0.05, 0) is 35.4 Å². The smallest absolute Gasteiger partial charge is 0.164 e. The average molecular weight is 576 g/mol. The molecule has 0 fully saturated rings. The molecule has 9 rings (SSSR count). The number of benzene rings is 5. The number of pyridine rings is 1. The van der Waals surface area contributed by atoms with E-state index in [2.05, 4.69) is 89.3 Å². The Labute approximate surface area is 259 Å². The number of nitrogens with zero attached hydrogens (tertiary/aromatic N) is 5. The highest BCUT2D eigenvalue weighted by molar-refractivity contribution is 6.14. The number of fused-ring (bicyclic) bond motifs is 3. The SMILES string of the molecule is c1ccc(-c2nc(-c3ccccc3)nc(-c3cccc(-c4ccc5c(c4)c4cccc6nc(-c7ccccc7)c5n64)c3)n2)cc1. The summed E-state index contributed by atoms with van der Waals surface area (Å²) in [6, 6.07) is 52.1. The number of hydrogen-bond donors (Lipinski definition) is 0. The highest BCUT2D eigenvalue weighted by Crippen LogP contribution is 2.39. The van der Waals surface area contributed by atoms with Crippen LogP contribution in [0.3, 0.4) is 0 Å². The summed E-state index contributed by atoms with van der Waals surface area (Å²) in [5, 5.41) is 2.40. The second kappa shape index (κ2) is 10.2. The van der Waals surface area contributed by atoms with Gasteiger partial charge in [-0.25, -0.2) is 19.9 Å². The minimum Gasteiger partial charge on any atom is -0.292 e. The van der Waals surface area contributed by atoms with E-state index in [-0.39, 0.29) is 0 Å². The van der Waals surface area contributed by atoms with Crippen LogP contribution < -0.4 is 0 Å². The fraction of sp³-hybridized carbons (Fsp3) is 0. The Morgan fingerprint density at radius 1 is 0.356 bits per heavy atom. The zero-order chi connectivity index (χ0) is 29.7. The van der Waals surface area contributed by atoms with E-state index in [0.29, 0.717) is 17.5 Å². The van der Waals surface area contributed by atoms with Gasteiger partial charge in [-0.15, -0.1) is 0 Å². The molecule has 0 saturated carbocycles. The van der Waals surface area contributed by atoms with Gasteiger partial charge in [-0.3, -0.25) is 4.40 Å². The summed E-state index contributed by atoms with van der Waals surface area (Å²) >= 11 is 0. The van der Waals surface area contributed by atoms with Gasteiger partial charge in [-0.2, -0.15) is 0 Å². The van der Waals surface area contributed by atoms with Crippen molar-refractivity contribution < 1.29 is 0 Å². The molecule has 0 radical (unpaired) electrons. The van der Waals surface area contributed by atoms with Gasteiger partial charge in [0.05, 0.1) is 16.7 Å². The molecular formula is C40H25N5. The summed E-state index contributed by atoms with van der Waals surface area (Å²) in [7, 11) is 0. The zero-order valence-corrected chi connectivity index (χ0v) is 24.2. The van der Waals surface area contributed by atoms with E-state index in [1.165, 1.54) is 10.8 Å². The Balaban J connectivity index is 1.19. The average Bonchev–Trinajstić information content (AvgIpc) is 3.68. The first kappa shape index (κ1) is 25.3. The molecular weight excluding hydrogens is 550 g/mol. The van der Waals surface area contributed by atoms with Crippen molar-refractivity contribution in [1.82, 2.24) is 24.3 Å². The molecule has 5 heteroatoms. The zero-order valence-electron chi connectivity index (χ0n) is 24.2. The summed E-state index contributed by atoms with van der Waals surface area (Å²) in [5.74, 6) is 1.95. The van der Waals surface area contributed by atoms with Crippen LogP contribution in [0, 0.1) is 0 Å². The van der Waals surface area contributed by atoms with Crippen LogP contribution >= 0.6 is 0 Å². The van der Waals surface area contributed by atoms with Gasteiger partial charge < -0.3 is 0 Å². The van der Waals surface area contributed by atoms with Gasteiger partial charge in [0.15, 0.2) is 17.5 Å². The highest BCUT2D eigenvalue weighted by atomic mass is 15.0. The molecule has 0 saturated heterocycles. The summed E-state index contributed by atoms with van der Waals surface area (Å²) < 4.78 is 2.29. The van der Waals surface area contributed by atoms with E-state index >= 15 is 0 Å². The maximum Gasteiger partial charge on any atom is 0.164 e. The minimum absolute atomic E-state index is 0.644. The van der Waals surface area contributed by atoms with Crippen LogP contribution in [0.5, 0.6) is 0 Å². The monoisotopic (exact) mass is 575 g/mol. The summed E-state index contributed by atoms with van der Waals surface area (Å²) in [6.07, 6.45) is 0. The molecule has 0 atom stereocenters. The molecule has 45 heavy (non-hydrogen) atoms. The second-order valence-electron chi connectivity index (χ2n) is 11.2. The van der Waals surface area contributed by atoms with Gasteiger partial charge >= 0.3 is 0 Å². The van der Waals surface area contributed by atoms with Crippen LogP contribution in [-0.4, -0.2) is 24.3 Å². The highest BCUT2D eigenvalue weighted by Gasteiger charge is 2.19. The lowest BCUT2D eigenvalue weighted by molar-refractivity contribution is 1.07. The van der Waals surface area contributed by atoms with Crippen molar-refractivity contribution in [1.29, 1.82) is 0 Å². The van der Waals surface area contributed by atoms with Gasteiger partial charge in [0.2, 0.25) is 0 Å². The van der Waals surface area contributed by atoms with Crippen molar-refractivity contribution in [2.24, 2.45) is 0 Å². The van der Waals surface area contributed by atoms with Crippen LogP contribution in [0.2, 0.25) is 0 Å². The fourth-order valence-electron chi connectivity index (χ4n) is 6.27. The lowest BCUT2D eigenvalue weighted by Gasteiger charge is -2.10. The summed E-state index contributed by atoms with van der Waals surface area (Å²) in [6.45, 7) is 0. The molecule has 0 spiro atoms. The molecule has 0 aliphatic carbocycles. The van der Waals surface area contributed by atoms with Gasteiger partial charge in [0, 0.05) is 33.0 Å². The maximum absolute atomic E-state index is 5.02. The minimum atomic E-state index is 0.644. The van der Waals surface area contributed by atoms with Crippen molar-refractivity contribution in [3.63, 3.8) is 0 Å². The van der Waals surface area contributed by atoms with E-state index in [4.69, 9.17) is 19.9 Å². The molecule has 210 valence electrons. The molecule has 0 amide bonds. The fourth-order valence-corrected chi connectivity index (χ4v) is 6.27. The van der Waals surface area contributed by atoms with Gasteiger partial charge in [-0.1, -0.05) is 127 Å². The third kappa shape index (κ3) is 4.25. The summed E-state index contributed by atoms with van der Waals surface area (Å²) in [4.78, 5) is 19.8. The molecule has 5 aromatic carbocycles. The van der Waals surface area contributed by atoms with Crippen molar-refractivity contribution in [3.8, 4) is 56.5 Å². The lowest BCUT2D eigenvalue weighted by atomic mass is 9.99. The first-order valence-corrected chi connectivity index (χ1v) is 15.0. The Morgan fingerprint density at radius 2 is 0.889 bits per heavy atom. The number of aromatic nitrogens is 5. The molecule has 4 heterocycles. The molecule has 0 N–H and O–H groups in total. The third-order valence-corrected chi connectivity index (χ3v) is 8.40. The predicted octanol–water partition coefficient (Wildman–Crippen LogP) is 9.60. The molecule has 4 aromatic heterocycles. The molecule has 0 aliphatic heterocycles. The predicted molar refractivity (Wildman–Crippen MR) is 182 cm³/mol. The van der Waals surface area contributed by atoms with Crippen molar-refractivity contribution >= 4 is 27.5 Å². The third-order valence-electron chi connectivity index (χ3n) is 8.40. The molecule has 0 bridgehead atoms. The van der Waals surface area contributed by atoms with Crippen LogP contribution in [0.25, 0.3) is 84.0 Å². The van der Waals surface area contributed by atoms with E-state index in [1.54, 1.807) is 0 Å². The van der Waals surface area contributed by atoms with E-state index in [9.17, 15) is 0 Å². The molecule has 0 aliphatic rings. The van der Waals surface area contributed by atoms with Crippen LogP contribution in [0.1, 0.15) is 0 Å². The van der Waals surface area contributed by atoms with Crippen LogP contribution in [0.4, 0.5) is 0 Å². The number of imidazole rings is 1. The molecule has 5 nitrogen and oxygen atoms in total. The Bertz CT molecular complexity index is 2410. The Hall–Kier alpha value is -6.20. The lowest BCUT2D eigenvalue weighted by Crippen LogP contribution is -2.00. The quantitative estimate of drug-likeness (QED) is 0.205. The molecule has 9 aromatic rings. The topological polar surface area (TPSA) is 56.0 Å². The maximum atomic E-state index is 5.02. The van der Waals surface area contributed by atoms with E-state index < -0.39 is 0 Å². The van der Waals surface area contributed by atoms with Crippen LogP contribution in [0.15, 0.2) is 152 Å². The van der Waals surface area contributed by atoms with E-state index in [1.807, 2.05) is 66.7 Å². The first-order valence-electron chi connectivity index (χ1n) is 15.0. The van der Waals surface area contributed by atoms with Gasteiger partial charge in [0.25, 0.3) is 0 Å². The van der Waals surface area contributed by atoms with Gasteiger partial charge in [0.1, 0.15) is 5.65 Å². The van der Waals surface area contributed by atoms with Crippen molar-refractivity contribution in [2.45, 2.75) is 0 Å². The largest absolute Gasteiger partial charge is 0.292 e. The first-order chi connectivity index (χ1) is 22.3. The van der Waals surface area contributed by atoms with Crippen molar-refractivity contribution in [2.75, 3.05) is 0 Å². The second-order valence-corrected chi connectivity index (χ2v) is 11.2. The Kier molecular flexibility index (Phi) is 5.74. The standard InChI is InChI=1S/C40H25N5/c1-4-12-26(13-5-1)36-37-32-23-22-30(25-33(32)34-20-11-21-35(41-36)45(34)37)29-18-10-19-31(24-29)40-43-38(27-14-6-2-7-15-27)42-39(44-40)28-16-8-3-9-17-28/h1-25H.